The molecule has 0 aliphatic carbocycles. The molecular weight excluding hydrogens is 365 g/mol. The average Bonchev–Trinajstić information content (AvgIpc) is 2.69. The summed E-state index contributed by atoms with van der Waals surface area (Å²) in [7, 11) is 0. The predicted molar refractivity (Wildman–Crippen MR) is 104 cm³/mol. The number of hydrogen-bond acceptors (Lipinski definition) is 7. The number of aliphatic imine (C=N–C) groups is 1. The van der Waals surface area contributed by atoms with Crippen molar-refractivity contribution in [3.8, 4) is 0 Å². The van der Waals surface area contributed by atoms with Crippen LogP contribution in [0.4, 0.5) is 15.9 Å². The summed E-state index contributed by atoms with van der Waals surface area (Å²) in [6, 6.07) is 4.17. The van der Waals surface area contributed by atoms with Gasteiger partial charge in [0.2, 0.25) is 5.91 Å². The van der Waals surface area contributed by atoms with Crippen LogP contribution in [-0.4, -0.2) is 28.0 Å². The highest BCUT2D eigenvalue weighted by atomic mass is 19.1. The molecule has 28 heavy (non-hydrogen) atoms. The number of nitrogen functional groups attached to an aromatic ring is 1. The van der Waals surface area contributed by atoms with Crippen LogP contribution in [0.1, 0.15) is 16.1 Å². The minimum absolute atomic E-state index is 0.0126. The molecule has 2 aromatic rings. The van der Waals surface area contributed by atoms with Crippen LogP contribution in [0.5, 0.6) is 0 Å². The van der Waals surface area contributed by atoms with E-state index in [2.05, 4.69) is 32.2 Å². The van der Waals surface area contributed by atoms with Crippen LogP contribution in [0, 0.1) is 5.82 Å². The second kappa shape index (κ2) is 9.57. The van der Waals surface area contributed by atoms with Crippen LogP contribution in [-0.2, 0) is 11.3 Å². The fourth-order valence-corrected chi connectivity index (χ4v) is 2.03. The number of benzene rings is 1. The number of aromatic nitrogens is 2. The summed E-state index contributed by atoms with van der Waals surface area (Å²) >= 11 is 0. The Morgan fingerprint density at radius 2 is 2.04 bits per heavy atom. The number of nitrogens with zero attached hydrogens (tertiary/aromatic N) is 3. The molecule has 0 saturated carbocycles. The van der Waals surface area contributed by atoms with Gasteiger partial charge >= 0.3 is 0 Å². The van der Waals surface area contributed by atoms with Gasteiger partial charge in [0, 0.05) is 24.8 Å². The highest BCUT2D eigenvalue weighted by molar-refractivity contribution is 6.00. The molecule has 2 amide bonds. The van der Waals surface area contributed by atoms with Crippen molar-refractivity contribution in [1.29, 1.82) is 0 Å². The van der Waals surface area contributed by atoms with Gasteiger partial charge in [0.25, 0.3) is 5.91 Å². The molecule has 1 aromatic carbocycles. The molecule has 10 heteroatoms. The molecule has 2 rings (SSSR count). The molecule has 0 spiro atoms. The van der Waals surface area contributed by atoms with Gasteiger partial charge in [-0.3, -0.25) is 14.6 Å². The molecule has 6 N–H and O–H groups in total. The zero-order valence-electron chi connectivity index (χ0n) is 14.7. The Morgan fingerprint density at radius 3 is 2.71 bits per heavy atom. The Labute approximate surface area is 160 Å². The van der Waals surface area contributed by atoms with Gasteiger partial charge in [-0.05, 0) is 23.8 Å². The first kappa shape index (κ1) is 20.2. The summed E-state index contributed by atoms with van der Waals surface area (Å²) < 4.78 is 13.7. The SMILES string of the molecule is C=CC(=O)Nc1cc(CN=C/C(=C\N)NC(=O)c2nccnc2N)ccc1F. The van der Waals surface area contributed by atoms with Crippen LogP contribution in [0.25, 0.3) is 0 Å². The molecule has 1 heterocycles. The van der Waals surface area contributed by atoms with Gasteiger partial charge in [0.1, 0.15) is 5.82 Å². The lowest BCUT2D eigenvalue weighted by Crippen LogP contribution is -2.26. The second-order valence-electron chi connectivity index (χ2n) is 5.34. The van der Waals surface area contributed by atoms with E-state index in [1.54, 1.807) is 0 Å². The Bertz CT molecular complexity index is 957. The fourth-order valence-electron chi connectivity index (χ4n) is 2.03. The quantitative estimate of drug-likeness (QED) is 0.416. The van der Waals surface area contributed by atoms with Crippen molar-refractivity contribution < 1.29 is 14.0 Å². The highest BCUT2D eigenvalue weighted by Gasteiger charge is 2.12. The van der Waals surface area contributed by atoms with Gasteiger partial charge in [-0.2, -0.15) is 0 Å². The number of carbonyl (C=O) groups excluding carboxylic acids is 2. The summed E-state index contributed by atoms with van der Waals surface area (Å²) in [5.41, 5.74) is 11.9. The first-order valence-electron chi connectivity index (χ1n) is 7.96. The van der Waals surface area contributed by atoms with E-state index in [1.807, 2.05) is 0 Å². The largest absolute Gasteiger partial charge is 0.403 e. The maximum absolute atomic E-state index is 13.7. The molecule has 0 aliphatic rings. The van der Waals surface area contributed by atoms with E-state index in [1.165, 1.54) is 36.8 Å². The van der Waals surface area contributed by atoms with Gasteiger partial charge in [0.05, 0.1) is 17.9 Å². The smallest absolute Gasteiger partial charge is 0.278 e. The molecule has 0 fully saturated rings. The van der Waals surface area contributed by atoms with Gasteiger partial charge < -0.3 is 22.1 Å². The van der Waals surface area contributed by atoms with Gasteiger partial charge in [-0.15, -0.1) is 0 Å². The highest BCUT2D eigenvalue weighted by Crippen LogP contribution is 2.17. The van der Waals surface area contributed by atoms with E-state index in [9.17, 15) is 14.0 Å². The Morgan fingerprint density at radius 1 is 1.29 bits per heavy atom. The minimum atomic E-state index is -0.593. The molecular formula is C18H18FN7O2. The van der Waals surface area contributed by atoms with Crippen molar-refractivity contribution in [3.05, 3.63) is 72.2 Å². The second-order valence-corrected chi connectivity index (χ2v) is 5.34. The number of rotatable bonds is 7. The van der Waals surface area contributed by atoms with Crippen LogP contribution in [0.2, 0.25) is 0 Å². The minimum Gasteiger partial charge on any atom is -0.403 e. The molecule has 1 aromatic heterocycles. The first-order chi connectivity index (χ1) is 13.4. The Kier molecular flexibility index (Phi) is 6.92. The molecule has 0 radical (unpaired) electrons. The number of anilines is 2. The van der Waals surface area contributed by atoms with E-state index in [0.29, 0.717) is 5.56 Å². The standard InChI is InChI=1S/C18H18FN7O2/c1-2-15(27)26-14-7-11(3-4-13(14)19)9-22-10-12(8-20)25-18(28)16-17(21)24-6-5-23-16/h2-8,10H,1,9,20H2,(H2,21,24)(H,25,28)(H,26,27)/b12-8+,22-10?. The van der Waals surface area contributed by atoms with E-state index in [4.69, 9.17) is 11.5 Å². The fraction of sp³-hybridized carbons (Fsp3) is 0.0556. The molecule has 9 nitrogen and oxygen atoms in total. The maximum Gasteiger partial charge on any atom is 0.278 e. The monoisotopic (exact) mass is 383 g/mol. The number of hydrogen-bond donors (Lipinski definition) is 4. The summed E-state index contributed by atoms with van der Waals surface area (Å²) in [5.74, 6) is -1.73. The molecule has 0 unspecified atom stereocenters. The van der Waals surface area contributed by atoms with Gasteiger partial charge in [-0.25, -0.2) is 14.4 Å². The lowest BCUT2D eigenvalue weighted by Gasteiger charge is -2.07. The van der Waals surface area contributed by atoms with Crippen molar-refractivity contribution in [1.82, 2.24) is 15.3 Å². The summed E-state index contributed by atoms with van der Waals surface area (Å²) in [5, 5.41) is 4.86. The lowest BCUT2D eigenvalue weighted by atomic mass is 10.2. The van der Waals surface area contributed by atoms with Crippen LogP contribution >= 0.6 is 0 Å². The van der Waals surface area contributed by atoms with Gasteiger partial charge in [0.15, 0.2) is 11.5 Å². The van der Waals surface area contributed by atoms with Crippen molar-refractivity contribution in [2.75, 3.05) is 11.1 Å². The summed E-state index contributed by atoms with van der Waals surface area (Å²) in [6.45, 7) is 3.46. The summed E-state index contributed by atoms with van der Waals surface area (Å²) in [4.78, 5) is 35.2. The molecule has 0 aliphatic heterocycles. The zero-order chi connectivity index (χ0) is 20.5. The Balaban J connectivity index is 2.03. The predicted octanol–water partition coefficient (Wildman–Crippen LogP) is 1.12. The van der Waals surface area contributed by atoms with E-state index in [-0.39, 0.29) is 29.4 Å². The van der Waals surface area contributed by atoms with E-state index < -0.39 is 17.6 Å². The van der Waals surface area contributed by atoms with Crippen molar-refractivity contribution in [2.45, 2.75) is 6.54 Å². The van der Waals surface area contributed by atoms with E-state index >= 15 is 0 Å². The van der Waals surface area contributed by atoms with Crippen molar-refractivity contribution >= 4 is 29.5 Å². The number of amides is 2. The molecule has 0 atom stereocenters. The lowest BCUT2D eigenvalue weighted by molar-refractivity contribution is -0.111. The van der Waals surface area contributed by atoms with Crippen molar-refractivity contribution in [3.63, 3.8) is 0 Å². The zero-order valence-corrected chi connectivity index (χ0v) is 14.7. The van der Waals surface area contributed by atoms with Gasteiger partial charge in [-0.1, -0.05) is 12.6 Å². The molecule has 0 bridgehead atoms. The third kappa shape index (κ3) is 5.46. The third-order valence-electron chi connectivity index (χ3n) is 3.36. The first-order valence-corrected chi connectivity index (χ1v) is 7.96. The summed E-state index contributed by atoms with van der Waals surface area (Å²) in [6.07, 6.45) is 6.21. The van der Waals surface area contributed by atoms with Crippen LogP contribution < -0.4 is 22.1 Å². The van der Waals surface area contributed by atoms with Crippen molar-refractivity contribution in [2.24, 2.45) is 10.7 Å². The topological polar surface area (TPSA) is 148 Å². The van der Waals surface area contributed by atoms with Crippen LogP contribution in [0.3, 0.4) is 0 Å². The number of carbonyl (C=O) groups is 2. The number of halogens is 1. The maximum atomic E-state index is 13.7. The third-order valence-corrected chi connectivity index (χ3v) is 3.36. The Hall–Kier alpha value is -4.08. The number of allylic oxidation sites excluding steroid dienone is 1. The molecule has 144 valence electrons. The number of nitrogens with two attached hydrogens (primary N) is 2. The van der Waals surface area contributed by atoms with E-state index in [0.717, 1.165) is 12.3 Å². The number of nitrogens with one attached hydrogen (secondary N) is 2. The molecule has 0 saturated heterocycles. The van der Waals surface area contributed by atoms with Crippen LogP contribution in [0.15, 0.2) is 60.1 Å². The average molecular weight is 383 g/mol. The normalized spacial score (nSPS) is 11.2.